The minimum atomic E-state index is -4.33. The molecule has 0 amide bonds. The van der Waals surface area contributed by atoms with Gasteiger partial charge in [-0.05, 0) is 6.92 Å². The van der Waals surface area contributed by atoms with Crippen LogP contribution in [0.2, 0.25) is 0 Å². The maximum Gasteiger partial charge on any atom is 0.425 e. The van der Waals surface area contributed by atoms with Crippen LogP contribution in [0.25, 0.3) is 0 Å². The van der Waals surface area contributed by atoms with Gasteiger partial charge >= 0.3 is 13.0 Å². The van der Waals surface area contributed by atoms with Crippen molar-refractivity contribution in [2.45, 2.75) is 18.7 Å². The molecule has 1 aliphatic rings. The summed E-state index contributed by atoms with van der Waals surface area (Å²) in [5, 5.41) is 0. The summed E-state index contributed by atoms with van der Waals surface area (Å²) in [7, 11) is 0. The average Bonchev–Trinajstić information content (AvgIpc) is 2.13. The quantitative estimate of drug-likeness (QED) is 0.493. The topological polar surface area (TPSA) is 20.5 Å². The van der Waals surface area contributed by atoms with E-state index in [4.69, 9.17) is 0 Å². The van der Waals surface area contributed by atoms with E-state index in [1.807, 2.05) is 0 Å². The lowest BCUT2D eigenvalue weighted by atomic mass is 10.1. The van der Waals surface area contributed by atoms with Gasteiger partial charge < -0.3 is 0 Å². The van der Waals surface area contributed by atoms with Crippen LogP contribution in [0.4, 0.5) is 13.2 Å². The molecule has 0 aromatic carbocycles. The highest BCUT2D eigenvalue weighted by Gasteiger charge is 2.60. The monoisotopic (exact) mass is 156 g/mol. The molecule has 5 heteroatoms. The number of hydrogen-bond donors (Lipinski definition) is 0. The fraction of sp³-hybridized carbons (Fsp3) is 1.00. The van der Waals surface area contributed by atoms with Crippen molar-refractivity contribution in [1.29, 1.82) is 0 Å². The summed E-state index contributed by atoms with van der Waals surface area (Å²) in [6.45, 7) is 0.298. The highest BCUT2D eigenvalue weighted by Crippen LogP contribution is 2.36. The molecular formula is C5H7F3O2+. The first-order valence-corrected chi connectivity index (χ1v) is 2.74. The molecule has 59 valence electrons. The predicted octanol–water partition coefficient (Wildman–Crippen LogP) is 1.31. The molecule has 0 saturated carbocycles. The highest BCUT2D eigenvalue weighted by atomic mass is 19.4. The maximum absolute atomic E-state index is 11.9. The zero-order valence-corrected chi connectivity index (χ0v) is 5.36. The molecule has 1 atom stereocenters. The van der Waals surface area contributed by atoms with Crippen LogP contribution in [0.15, 0.2) is 0 Å². The molecule has 2 nitrogen and oxygen atoms in total. The predicted molar refractivity (Wildman–Crippen MR) is 26.4 cm³/mol. The van der Waals surface area contributed by atoms with E-state index < -0.39 is 18.4 Å². The zero-order valence-electron chi connectivity index (χ0n) is 5.36. The van der Waals surface area contributed by atoms with E-state index in [0.717, 1.165) is 6.92 Å². The second-order valence-corrected chi connectivity index (χ2v) is 2.34. The Morgan fingerprint density at radius 1 is 1.50 bits per heavy atom. The van der Waals surface area contributed by atoms with E-state index in [9.17, 15) is 13.2 Å². The second kappa shape index (κ2) is 2.10. The van der Waals surface area contributed by atoms with Gasteiger partial charge in [-0.1, -0.05) is 0 Å². The third-order valence-electron chi connectivity index (χ3n) is 1.44. The van der Waals surface area contributed by atoms with Crippen LogP contribution in [0.3, 0.4) is 0 Å². The van der Waals surface area contributed by atoms with Crippen molar-refractivity contribution in [1.82, 2.24) is 0 Å². The fourth-order valence-electron chi connectivity index (χ4n) is 0.613. The van der Waals surface area contributed by atoms with Gasteiger partial charge in [0.25, 0.3) is 6.61 Å². The lowest BCUT2D eigenvalue weighted by Gasteiger charge is -2.19. The van der Waals surface area contributed by atoms with Crippen LogP contribution in [-0.4, -0.2) is 25.2 Å². The number of rotatable bonds is 0. The summed E-state index contributed by atoms with van der Waals surface area (Å²) in [5.41, 5.74) is -2.09. The van der Waals surface area contributed by atoms with Crippen molar-refractivity contribution < 1.29 is 22.6 Å². The maximum atomic E-state index is 11.9. The molecule has 0 aromatic heterocycles. The van der Waals surface area contributed by atoms with Gasteiger partial charge in [-0.15, -0.1) is 4.74 Å². The molecule has 1 heterocycles. The molecule has 1 fully saturated rings. The minimum Gasteiger partial charge on any atom is -0.285 e. The van der Waals surface area contributed by atoms with Gasteiger partial charge in [0, 0.05) is 0 Å². The summed E-state index contributed by atoms with van der Waals surface area (Å²) >= 11 is 0. The first-order valence-electron chi connectivity index (χ1n) is 2.74. The molecule has 10 heavy (non-hydrogen) atoms. The van der Waals surface area contributed by atoms with E-state index in [1.54, 1.807) is 0 Å². The van der Waals surface area contributed by atoms with E-state index in [1.165, 1.54) is 0 Å². The van der Waals surface area contributed by atoms with Crippen molar-refractivity contribution in [2.75, 3.05) is 13.4 Å². The van der Waals surface area contributed by atoms with Crippen molar-refractivity contribution in [3.8, 4) is 0 Å². The third-order valence-corrected chi connectivity index (χ3v) is 1.44. The number of alkyl halides is 3. The minimum absolute atomic E-state index is 0.268. The fourth-order valence-corrected chi connectivity index (χ4v) is 0.613. The molecule has 1 aliphatic heterocycles. The Bertz CT molecular complexity index is 125. The average molecular weight is 156 g/mol. The molecule has 0 bridgehead atoms. The lowest BCUT2D eigenvalue weighted by molar-refractivity contribution is -0.250. The van der Waals surface area contributed by atoms with Gasteiger partial charge in [0.15, 0.2) is 0 Å². The Morgan fingerprint density at radius 3 is 2.30 bits per heavy atom. The smallest absolute Gasteiger partial charge is 0.285 e. The Labute approximate surface area is 55.9 Å². The Hall–Kier alpha value is -0.290. The van der Waals surface area contributed by atoms with Crippen LogP contribution in [-0.2, 0) is 9.47 Å². The van der Waals surface area contributed by atoms with Crippen molar-refractivity contribution >= 4 is 0 Å². The van der Waals surface area contributed by atoms with Crippen molar-refractivity contribution in [3.63, 3.8) is 0 Å². The first kappa shape index (κ1) is 7.81. The number of ether oxygens (including phenoxy) is 2. The zero-order chi connectivity index (χ0) is 7.83. The number of hydrogen-bond acceptors (Lipinski definition) is 2. The second-order valence-electron chi connectivity index (χ2n) is 2.34. The molecule has 1 rings (SSSR count). The normalized spacial score (nSPS) is 34.8. The molecule has 1 unspecified atom stereocenters. The van der Waals surface area contributed by atoms with Crippen LogP contribution < -0.4 is 0 Å². The molecule has 0 aromatic rings. The molecular weight excluding hydrogens is 149 g/mol. The van der Waals surface area contributed by atoms with Crippen LogP contribution in [0.1, 0.15) is 6.92 Å². The molecule has 1 saturated heterocycles. The van der Waals surface area contributed by atoms with Gasteiger partial charge in [0.05, 0.1) is 0 Å². The Balaban J connectivity index is 2.67. The Morgan fingerprint density at radius 2 is 2.10 bits per heavy atom. The molecule has 0 aliphatic carbocycles. The number of halogens is 3. The van der Waals surface area contributed by atoms with Gasteiger partial charge in [0.1, 0.15) is 0 Å². The van der Waals surface area contributed by atoms with Crippen LogP contribution >= 0.6 is 0 Å². The summed E-state index contributed by atoms with van der Waals surface area (Å²) in [6.07, 6.45) is -4.33. The summed E-state index contributed by atoms with van der Waals surface area (Å²) in [5.74, 6) is 0. The summed E-state index contributed by atoms with van der Waals surface area (Å²) < 4.78 is 44.6. The van der Waals surface area contributed by atoms with Crippen molar-refractivity contribution in [2.24, 2.45) is 0 Å². The third kappa shape index (κ3) is 1.11. The molecule has 1 radical (unpaired) electrons. The lowest BCUT2D eigenvalue weighted by Crippen LogP contribution is -2.44. The molecule has 0 N–H and O–H groups in total. The van der Waals surface area contributed by atoms with Crippen LogP contribution in [0.5, 0.6) is 0 Å². The van der Waals surface area contributed by atoms with Gasteiger partial charge in [0.2, 0.25) is 5.60 Å². The summed E-state index contributed by atoms with van der Waals surface area (Å²) in [6, 6.07) is 0. The van der Waals surface area contributed by atoms with Crippen molar-refractivity contribution in [3.05, 3.63) is 0 Å². The van der Waals surface area contributed by atoms with E-state index in [-0.39, 0.29) is 6.79 Å². The molecule has 0 spiro atoms. The first-order chi connectivity index (χ1) is 4.46. The summed E-state index contributed by atoms with van der Waals surface area (Å²) in [4.78, 5) is 0. The van der Waals surface area contributed by atoms with E-state index in [2.05, 4.69) is 9.47 Å². The van der Waals surface area contributed by atoms with Gasteiger partial charge in [-0.3, -0.25) is 4.74 Å². The SMILES string of the molecule is CC1(C(F)(F)F)C[O+]CO1. The standard InChI is InChI=1S/C5H7F3O2/c1-4(5(6,7)8)2-9-3-10-4/h2-3H2,1H3/q+1. The van der Waals surface area contributed by atoms with E-state index in [0.29, 0.717) is 0 Å². The highest BCUT2D eigenvalue weighted by molar-refractivity contribution is 4.85. The van der Waals surface area contributed by atoms with Crippen LogP contribution in [0, 0.1) is 0 Å². The van der Waals surface area contributed by atoms with Gasteiger partial charge in [-0.25, -0.2) is 0 Å². The Kier molecular flexibility index (Phi) is 1.64. The van der Waals surface area contributed by atoms with Gasteiger partial charge in [-0.2, -0.15) is 13.2 Å². The van der Waals surface area contributed by atoms with E-state index >= 15 is 0 Å². The largest absolute Gasteiger partial charge is 0.425 e.